The van der Waals surface area contributed by atoms with E-state index in [2.05, 4.69) is 19.9 Å². The zero-order valence-corrected chi connectivity index (χ0v) is 15.9. The van der Waals surface area contributed by atoms with Crippen molar-refractivity contribution < 1.29 is 4.79 Å². The lowest BCUT2D eigenvalue weighted by atomic mass is 10.2. The van der Waals surface area contributed by atoms with Gasteiger partial charge in [-0.1, -0.05) is 0 Å². The lowest BCUT2D eigenvalue weighted by Gasteiger charge is -2.16. The molecule has 138 valence electrons. The number of carbonyl (C=O) groups is 1. The summed E-state index contributed by atoms with van der Waals surface area (Å²) in [6.45, 7) is 4.29. The first-order chi connectivity index (χ1) is 12.9. The van der Waals surface area contributed by atoms with Gasteiger partial charge in [0.2, 0.25) is 0 Å². The van der Waals surface area contributed by atoms with Crippen molar-refractivity contribution in [1.29, 1.82) is 0 Å². The molecule has 1 amide bonds. The molecule has 0 aliphatic heterocycles. The first kappa shape index (κ1) is 17.3. The number of hydrogen-bond acceptors (Lipinski definition) is 6. The van der Waals surface area contributed by atoms with Gasteiger partial charge in [0.15, 0.2) is 5.65 Å². The van der Waals surface area contributed by atoms with E-state index in [1.54, 1.807) is 31.7 Å². The normalized spacial score (nSPS) is 11.6. The summed E-state index contributed by atoms with van der Waals surface area (Å²) in [6, 6.07) is 3.77. The van der Waals surface area contributed by atoms with Crippen molar-refractivity contribution >= 4 is 38.6 Å². The maximum absolute atomic E-state index is 12.8. The van der Waals surface area contributed by atoms with Gasteiger partial charge in [0.05, 0.1) is 24.0 Å². The maximum atomic E-state index is 12.8. The second-order valence-electron chi connectivity index (χ2n) is 6.62. The first-order valence-electron chi connectivity index (χ1n) is 8.48. The molecule has 0 atom stereocenters. The van der Waals surface area contributed by atoms with Crippen LogP contribution in [0.1, 0.15) is 36.1 Å². The van der Waals surface area contributed by atoms with Gasteiger partial charge in [-0.05, 0) is 31.4 Å². The fourth-order valence-corrected chi connectivity index (χ4v) is 3.65. The molecule has 0 spiro atoms. The minimum Gasteiger partial charge on any atom is -0.334 e. The smallest absolute Gasteiger partial charge is 0.268 e. The molecule has 0 fully saturated rings. The zero-order valence-electron chi connectivity index (χ0n) is 15.1. The lowest BCUT2D eigenvalue weighted by molar-refractivity contribution is 0.0781. The number of nitrogens with zero attached hydrogens (tertiary/aromatic N) is 5. The van der Waals surface area contributed by atoms with Gasteiger partial charge in [0, 0.05) is 19.3 Å². The van der Waals surface area contributed by atoms with Crippen LogP contribution < -0.4 is 5.56 Å². The summed E-state index contributed by atoms with van der Waals surface area (Å²) >= 11 is 1.35. The van der Waals surface area contributed by atoms with Gasteiger partial charge in [-0.3, -0.25) is 9.59 Å². The van der Waals surface area contributed by atoms with Gasteiger partial charge in [-0.2, -0.15) is 0 Å². The third-order valence-electron chi connectivity index (χ3n) is 4.31. The van der Waals surface area contributed by atoms with E-state index < -0.39 is 0 Å². The van der Waals surface area contributed by atoms with Crippen LogP contribution in [0.4, 0.5) is 0 Å². The van der Waals surface area contributed by atoms with Crippen molar-refractivity contribution in [2.75, 3.05) is 7.05 Å². The Balaban J connectivity index is 1.59. The topological polar surface area (TPSA) is 96.8 Å². The van der Waals surface area contributed by atoms with Gasteiger partial charge in [-0.25, -0.2) is 15.0 Å². The SMILES string of the molecule is CC(C)n1cnc2cc(C(=O)N(C)Cc3nc4ccsc4c(=O)[nH]3)cnc21. The summed E-state index contributed by atoms with van der Waals surface area (Å²) in [5, 5.41) is 1.82. The molecule has 27 heavy (non-hydrogen) atoms. The number of fused-ring (bicyclic) bond motifs is 2. The van der Waals surface area contributed by atoms with Crippen molar-refractivity contribution in [2.24, 2.45) is 0 Å². The van der Waals surface area contributed by atoms with Gasteiger partial charge in [0.1, 0.15) is 16.0 Å². The van der Waals surface area contributed by atoms with E-state index in [1.165, 1.54) is 16.2 Å². The fraction of sp³-hybridized carbons (Fsp3) is 0.278. The molecular weight excluding hydrogens is 364 g/mol. The summed E-state index contributed by atoms with van der Waals surface area (Å²) in [5.41, 5.74) is 2.32. The molecule has 9 heteroatoms. The predicted molar refractivity (Wildman–Crippen MR) is 104 cm³/mol. The molecule has 0 unspecified atom stereocenters. The number of amides is 1. The third-order valence-corrected chi connectivity index (χ3v) is 5.22. The van der Waals surface area contributed by atoms with Gasteiger partial charge in [0.25, 0.3) is 11.5 Å². The Hall–Kier alpha value is -3.07. The molecule has 0 saturated heterocycles. The molecular formula is C18H18N6O2S. The number of aromatic nitrogens is 5. The van der Waals surface area contributed by atoms with Crippen molar-refractivity contribution in [2.45, 2.75) is 26.4 Å². The molecule has 0 aliphatic rings. The van der Waals surface area contributed by atoms with E-state index in [4.69, 9.17) is 0 Å². The molecule has 0 aromatic carbocycles. The zero-order chi connectivity index (χ0) is 19.1. The molecule has 8 nitrogen and oxygen atoms in total. The van der Waals surface area contributed by atoms with E-state index in [1.807, 2.05) is 23.8 Å². The van der Waals surface area contributed by atoms with Crippen molar-refractivity contribution in [3.8, 4) is 0 Å². The Kier molecular flexibility index (Phi) is 4.23. The average molecular weight is 382 g/mol. The van der Waals surface area contributed by atoms with E-state index in [-0.39, 0.29) is 24.1 Å². The molecule has 0 saturated carbocycles. The van der Waals surface area contributed by atoms with Crippen LogP contribution in [-0.4, -0.2) is 42.4 Å². The molecule has 4 aromatic rings. The molecule has 0 radical (unpaired) electrons. The number of aromatic amines is 1. The summed E-state index contributed by atoms with van der Waals surface area (Å²) in [7, 11) is 1.66. The third kappa shape index (κ3) is 3.10. The van der Waals surface area contributed by atoms with Gasteiger partial charge >= 0.3 is 0 Å². The first-order valence-corrected chi connectivity index (χ1v) is 9.36. The Labute approximate surface area is 158 Å². The molecule has 4 aromatic heterocycles. The quantitative estimate of drug-likeness (QED) is 0.585. The standard InChI is InChI=1S/C18H18N6O2S/c1-10(2)24-9-20-13-6-11(7-19-16(13)24)18(26)23(3)8-14-21-12-4-5-27-15(12)17(25)22-14/h4-7,9-10H,8H2,1-3H3,(H,21,22,25). The number of carbonyl (C=O) groups excluding carboxylic acids is 1. The monoisotopic (exact) mass is 382 g/mol. The minimum atomic E-state index is -0.212. The number of imidazole rings is 1. The van der Waals surface area contributed by atoms with Crippen LogP contribution in [0.15, 0.2) is 34.8 Å². The number of pyridine rings is 1. The molecule has 0 bridgehead atoms. The number of H-pyrrole nitrogens is 1. The van der Waals surface area contributed by atoms with Crippen LogP contribution in [0, 0.1) is 0 Å². The molecule has 0 aliphatic carbocycles. The molecule has 1 N–H and O–H groups in total. The summed E-state index contributed by atoms with van der Waals surface area (Å²) in [4.78, 5) is 42.2. The Morgan fingerprint density at radius 2 is 2.15 bits per heavy atom. The summed E-state index contributed by atoms with van der Waals surface area (Å²) < 4.78 is 2.54. The largest absolute Gasteiger partial charge is 0.334 e. The highest BCUT2D eigenvalue weighted by atomic mass is 32.1. The number of hydrogen-bond donors (Lipinski definition) is 1. The van der Waals surface area contributed by atoms with Crippen LogP contribution >= 0.6 is 11.3 Å². The van der Waals surface area contributed by atoms with Crippen LogP contribution in [-0.2, 0) is 6.54 Å². The second kappa shape index (κ2) is 6.58. The fourth-order valence-electron chi connectivity index (χ4n) is 2.93. The summed E-state index contributed by atoms with van der Waals surface area (Å²) in [6.07, 6.45) is 3.28. The molecule has 4 rings (SSSR count). The van der Waals surface area contributed by atoms with Crippen LogP contribution in [0.25, 0.3) is 21.4 Å². The van der Waals surface area contributed by atoms with E-state index in [0.717, 1.165) is 5.65 Å². The van der Waals surface area contributed by atoms with Crippen molar-refractivity contribution in [3.63, 3.8) is 0 Å². The Morgan fingerprint density at radius 1 is 1.33 bits per heavy atom. The highest BCUT2D eigenvalue weighted by Gasteiger charge is 2.17. The molecule has 4 heterocycles. The van der Waals surface area contributed by atoms with Gasteiger partial charge in [-0.15, -0.1) is 11.3 Å². The van der Waals surface area contributed by atoms with Crippen molar-refractivity contribution in [1.82, 2.24) is 29.4 Å². The Morgan fingerprint density at radius 3 is 2.93 bits per heavy atom. The second-order valence-corrected chi connectivity index (χ2v) is 7.54. The van der Waals surface area contributed by atoms with Gasteiger partial charge < -0.3 is 14.5 Å². The Bertz CT molecular complexity index is 1210. The lowest BCUT2D eigenvalue weighted by Crippen LogP contribution is -2.28. The predicted octanol–water partition coefficient (Wildman–Crippen LogP) is 2.58. The van der Waals surface area contributed by atoms with Crippen LogP contribution in [0.2, 0.25) is 0 Å². The maximum Gasteiger partial charge on any atom is 0.268 e. The highest BCUT2D eigenvalue weighted by Crippen LogP contribution is 2.18. The number of rotatable bonds is 4. The minimum absolute atomic E-state index is 0.187. The summed E-state index contributed by atoms with van der Waals surface area (Å²) in [5.74, 6) is 0.233. The van der Waals surface area contributed by atoms with E-state index in [0.29, 0.717) is 27.1 Å². The number of nitrogens with one attached hydrogen (secondary N) is 1. The van der Waals surface area contributed by atoms with Crippen LogP contribution in [0.3, 0.4) is 0 Å². The van der Waals surface area contributed by atoms with E-state index >= 15 is 0 Å². The van der Waals surface area contributed by atoms with Crippen molar-refractivity contribution in [3.05, 3.63) is 51.8 Å². The highest BCUT2D eigenvalue weighted by molar-refractivity contribution is 7.17. The van der Waals surface area contributed by atoms with Crippen LogP contribution in [0.5, 0.6) is 0 Å². The number of thiophene rings is 1. The average Bonchev–Trinajstić information content (AvgIpc) is 3.27. The van der Waals surface area contributed by atoms with E-state index in [9.17, 15) is 9.59 Å².